The topological polar surface area (TPSA) is 210 Å². The van der Waals surface area contributed by atoms with Crippen LogP contribution in [-0.2, 0) is 19.2 Å². The van der Waals surface area contributed by atoms with Crippen LogP contribution in [0.3, 0.4) is 0 Å². The summed E-state index contributed by atoms with van der Waals surface area (Å²) in [6.45, 7) is 5.59. The smallest absolute Gasteiger partial charge is 0.342 e. The molecule has 0 saturated carbocycles. The fraction of sp³-hybridized carbons (Fsp3) is 0.477. The molecule has 3 fully saturated rings. The Hall–Kier alpha value is -6.77. The van der Waals surface area contributed by atoms with E-state index in [0.29, 0.717) is 80.7 Å². The van der Waals surface area contributed by atoms with E-state index < -0.39 is 54.1 Å². The first-order valence-corrected chi connectivity index (χ1v) is 21.7. The molecule has 1 atom stereocenters. The molecule has 3 N–H and O–H groups in total. The number of hydrogen-bond acceptors (Lipinski definition) is 14. The number of nitrogens with zero attached hydrogens (tertiary/aromatic N) is 8. The van der Waals surface area contributed by atoms with Crippen LogP contribution in [0.5, 0.6) is 5.75 Å². The first kappa shape index (κ1) is 44.8. The zero-order chi connectivity index (χ0) is 46.3. The molecule has 1 unspecified atom stereocenters. The van der Waals surface area contributed by atoms with E-state index >= 15 is 0 Å². The molecule has 6 heterocycles. The van der Waals surface area contributed by atoms with Gasteiger partial charge in [-0.1, -0.05) is 6.07 Å². The van der Waals surface area contributed by atoms with E-state index in [1.807, 2.05) is 6.07 Å². The van der Waals surface area contributed by atoms with Crippen LogP contribution in [-0.4, -0.2) is 144 Å². The minimum atomic E-state index is -3.63. The predicted octanol–water partition coefficient (Wildman–Crippen LogP) is 2.94. The van der Waals surface area contributed by atoms with Crippen LogP contribution in [0, 0.1) is 5.92 Å². The third-order valence-electron chi connectivity index (χ3n) is 12.8. The van der Waals surface area contributed by atoms with Gasteiger partial charge in [-0.2, -0.15) is 13.8 Å². The van der Waals surface area contributed by atoms with Crippen molar-refractivity contribution in [1.29, 1.82) is 0 Å². The molecule has 19 nitrogen and oxygen atoms in total. The van der Waals surface area contributed by atoms with Crippen molar-refractivity contribution in [2.75, 3.05) is 80.0 Å². The molecule has 0 bridgehead atoms. The zero-order valence-corrected chi connectivity index (χ0v) is 36.6. The van der Waals surface area contributed by atoms with Crippen molar-refractivity contribution in [3.05, 3.63) is 59.3 Å². The van der Waals surface area contributed by atoms with Crippen molar-refractivity contribution in [3.63, 3.8) is 0 Å². The number of ether oxygens (including phenoxy) is 1. The molecule has 8 rings (SSSR count). The SMILES string of the molecule is COc1cc(C(=O)NN2CCN(C(=O)CCC3CCN(c4cccc5c4C(=O)N(C4CCC(=O)NC4=O)C5=O)CC3)CC2)ccc1Nc1ncc2c(n1)N(C(C)C)CC(F)(F)C(=O)N2C. The Labute approximate surface area is 373 Å². The number of benzene rings is 2. The summed E-state index contributed by atoms with van der Waals surface area (Å²) in [5, 5.41) is 7.03. The van der Waals surface area contributed by atoms with Gasteiger partial charge in [-0.25, -0.2) is 9.99 Å². The first-order chi connectivity index (χ1) is 31.0. The van der Waals surface area contributed by atoms with E-state index in [4.69, 9.17) is 4.74 Å². The number of piperidine rings is 2. The fourth-order valence-electron chi connectivity index (χ4n) is 9.05. The summed E-state index contributed by atoms with van der Waals surface area (Å²) in [5.74, 6) is -6.65. The lowest BCUT2D eigenvalue weighted by atomic mass is 9.91. The van der Waals surface area contributed by atoms with Gasteiger partial charge in [0.1, 0.15) is 17.5 Å². The third kappa shape index (κ3) is 8.88. The molecule has 0 aliphatic carbocycles. The van der Waals surface area contributed by atoms with Crippen LogP contribution in [0.1, 0.15) is 83.4 Å². The number of halogens is 2. The summed E-state index contributed by atoms with van der Waals surface area (Å²) in [6.07, 6.45) is 4.12. The highest BCUT2D eigenvalue weighted by molar-refractivity contribution is 6.25. The number of fused-ring (bicyclic) bond motifs is 2. The maximum absolute atomic E-state index is 14.8. The highest BCUT2D eigenvalue weighted by Crippen LogP contribution is 2.39. The largest absolute Gasteiger partial charge is 0.495 e. The molecular weight excluding hydrogens is 849 g/mol. The Kier molecular flexibility index (Phi) is 12.4. The minimum Gasteiger partial charge on any atom is -0.495 e. The van der Waals surface area contributed by atoms with Gasteiger partial charge >= 0.3 is 5.92 Å². The Morgan fingerprint density at radius 2 is 1.69 bits per heavy atom. The van der Waals surface area contributed by atoms with Gasteiger partial charge in [0.25, 0.3) is 23.6 Å². The van der Waals surface area contributed by atoms with E-state index in [1.54, 1.807) is 54.1 Å². The van der Waals surface area contributed by atoms with Gasteiger partial charge in [-0.3, -0.25) is 49.2 Å². The van der Waals surface area contributed by atoms with Crippen LogP contribution in [0.2, 0.25) is 0 Å². The van der Waals surface area contributed by atoms with Crippen LogP contribution < -0.4 is 35.5 Å². The number of piperazine rings is 1. The maximum Gasteiger partial charge on any atom is 0.342 e. The number of imide groups is 2. The highest BCUT2D eigenvalue weighted by atomic mass is 19.3. The van der Waals surface area contributed by atoms with E-state index in [-0.39, 0.29) is 53.2 Å². The number of alkyl halides is 2. The molecule has 2 aromatic carbocycles. The Balaban J connectivity index is 0.801. The van der Waals surface area contributed by atoms with Gasteiger partial charge < -0.3 is 29.7 Å². The van der Waals surface area contributed by atoms with Crippen LogP contribution in [0.15, 0.2) is 42.6 Å². The average molecular weight is 900 g/mol. The van der Waals surface area contributed by atoms with Gasteiger partial charge in [0.15, 0.2) is 5.82 Å². The van der Waals surface area contributed by atoms with Crippen LogP contribution >= 0.6 is 0 Å². The lowest BCUT2D eigenvalue weighted by Gasteiger charge is -2.36. The second-order valence-corrected chi connectivity index (χ2v) is 17.2. The van der Waals surface area contributed by atoms with Crippen molar-refractivity contribution in [2.24, 2.45) is 5.92 Å². The van der Waals surface area contributed by atoms with Crippen LogP contribution in [0.25, 0.3) is 0 Å². The van der Waals surface area contributed by atoms with Gasteiger partial charge in [0, 0.05) is 70.8 Å². The first-order valence-electron chi connectivity index (χ1n) is 21.7. The summed E-state index contributed by atoms with van der Waals surface area (Å²) in [6, 6.07) is 8.44. The van der Waals surface area contributed by atoms with Gasteiger partial charge in [0.2, 0.25) is 23.7 Å². The number of nitrogens with one attached hydrogen (secondary N) is 3. The molecule has 5 aliphatic rings. The van der Waals surface area contributed by atoms with Gasteiger partial charge in [-0.15, -0.1) is 0 Å². The average Bonchev–Trinajstić information content (AvgIpc) is 3.51. The van der Waals surface area contributed by atoms with Crippen molar-refractivity contribution in [1.82, 2.24) is 35.5 Å². The van der Waals surface area contributed by atoms with Gasteiger partial charge in [-0.05, 0) is 75.8 Å². The molecule has 3 saturated heterocycles. The molecule has 3 aromatic rings. The summed E-state index contributed by atoms with van der Waals surface area (Å²) < 4.78 is 35.1. The summed E-state index contributed by atoms with van der Waals surface area (Å²) in [4.78, 5) is 106. The number of hydrogen-bond donors (Lipinski definition) is 3. The van der Waals surface area contributed by atoms with Crippen molar-refractivity contribution in [2.45, 2.75) is 70.4 Å². The second kappa shape index (κ2) is 18.0. The predicted molar refractivity (Wildman–Crippen MR) is 232 cm³/mol. The summed E-state index contributed by atoms with van der Waals surface area (Å²) in [7, 11) is 2.70. The standard InChI is InChI=1S/C44H51F2N11O8/c1-25(2)56-24-44(45,46)42(64)52(3)32-23-47-43(50-37(32)56)48-29-10-9-27(22-33(29)65-4)38(60)51-55-20-18-54(19-21-55)35(59)13-8-26-14-16-53(17-15-26)30-7-5-6-28-36(30)41(63)57(40(28)62)31-11-12-34(58)49-39(31)61/h5-7,9-10,22-23,25-26,31H,8,11-21,24H2,1-4H3,(H,51,60)(H,47,48,50)(H,49,58,61). The minimum absolute atomic E-state index is 0.0404. The Morgan fingerprint density at radius 1 is 0.954 bits per heavy atom. The normalized spacial score (nSPS) is 20.4. The van der Waals surface area contributed by atoms with E-state index in [0.717, 1.165) is 22.6 Å². The molecule has 1 aromatic heterocycles. The fourth-order valence-corrected chi connectivity index (χ4v) is 9.05. The molecule has 344 valence electrons. The molecular formula is C44H51F2N11O8. The quantitative estimate of drug-likeness (QED) is 0.237. The Bertz CT molecular complexity index is 2440. The number of hydrazine groups is 1. The number of carbonyl (C=O) groups is 7. The number of rotatable bonds is 11. The molecule has 5 aliphatic heterocycles. The summed E-state index contributed by atoms with van der Waals surface area (Å²) in [5.41, 5.74) is 4.93. The van der Waals surface area contributed by atoms with Crippen molar-refractivity contribution in [3.8, 4) is 5.75 Å². The number of methoxy groups -OCH3 is 1. The van der Waals surface area contributed by atoms with Crippen LogP contribution in [0.4, 0.5) is 37.6 Å². The number of carbonyl (C=O) groups excluding carboxylic acids is 7. The van der Waals surface area contributed by atoms with Crippen molar-refractivity contribution >= 4 is 70.2 Å². The van der Waals surface area contributed by atoms with E-state index in [9.17, 15) is 42.3 Å². The Morgan fingerprint density at radius 3 is 2.38 bits per heavy atom. The lowest BCUT2D eigenvalue weighted by molar-refractivity contribution is -0.140. The molecule has 21 heteroatoms. The molecule has 7 amide bonds. The lowest BCUT2D eigenvalue weighted by Crippen LogP contribution is -2.54. The zero-order valence-electron chi connectivity index (χ0n) is 36.6. The van der Waals surface area contributed by atoms with Gasteiger partial charge in [0.05, 0.1) is 42.4 Å². The molecule has 0 radical (unpaired) electrons. The highest BCUT2D eigenvalue weighted by Gasteiger charge is 2.48. The summed E-state index contributed by atoms with van der Waals surface area (Å²) >= 11 is 0. The molecule has 65 heavy (non-hydrogen) atoms. The maximum atomic E-state index is 14.8. The third-order valence-corrected chi connectivity index (χ3v) is 12.8. The van der Waals surface area contributed by atoms with Crippen molar-refractivity contribution < 1.29 is 47.1 Å². The number of amides is 7. The molecule has 0 spiro atoms. The monoisotopic (exact) mass is 899 g/mol. The van der Waals surface area contributed by atoms with E-state index in [2.05, 4.69) is 30.9 Å². The number of aromatic nitrogens is 2. The number of anilines is 5. The van der Waals surface area contributed by atoms with E-state index in [1.165, 1.54) is 25.3 Å². The second-order valence-electron chi connectivity index (χ2n) is 17.2.